The van der Waals surface area contributed by atoms with Gasteiger partial charge in [-0.1, -0.05) is 24.3 Å². The molecule has 144 valence electrons. The fraction of sp³-hybridized carbons (Fsp3) is 0.174. The van der Waals surface area contributed by atoms with Crippen molar-refractivity contribution in [2.45, 2.75) is 26.9 Å². The topological polar surface area (TPSA) is 72.3 Å². The third kappa shape index (κ3) is 3.50. The smallest absolute Gasteiger partial charge is 0.310 e. The maximum absolute atomic E-state index is 12.5. The first kappa shape index (κ1) is 18.5. The lowest BCUT2D eigenvalue weighted by Crippen LogP contribution is -2.09. The predicted octanol–water partition coefficient (Wildman–Crippen LogP) is 3.90. The molecule has 0 saturated carbocycles. The van der Waals surface area contributed by atoms with Crippen LogP contribution in [0.2, 0.25) is 0 Å². The van der Waals surface area contributed by atoms with E-state index in [1.807, 2.05) is 83.9 Å². The molecular formula is C23H20N4O2. The molecule has 0 N–H and O–H groups in total. The fourth-order valence-corrected chi connectivity index (χ4v) is 3.52. The molecule has 0 aliphatic rings. The number of ether oxygens (including phenoxy) is 1. The lowest BCUT2D eigenvalue weighted by molar-refractivity contribution is -0.144. The molecule has 0 radical (unpaired) electrons. The van der Waals surface area contributed by atoms with Crippen molar-refractivity contribution >= 4 is 11.5 Å². The SMILES string of the molecule is Cc1nn(-c2ccccc2)c(C)c1CC(=O)OCc1cn2ccccc2c1C#N. The van der Waals surface area contributed by atoms with Crippen molar-refractivity contribution < 1.29 is 9.53 Å². The molecule has 0 spiro atoms. The molecular weight excluding hydrogens is 364 g/mol. The molecule has 0 aliphatic heterocycles. The van der Waals surface area contributed by atoms with Gasteiger partial charge in [-0.05, 0) is 38.1 Å². The average molecular weight is 384 g/mol. The Morgan fingerprint density at radius 3 is 2.66 bits per heavy atom. The van der Waals surface area contributed by atoms with E-state index in [9.17, 15) is 10.1 Å². The van der Waals surface area contributed by atoms with Gasteiger partial charge in [0.25, 0.3) is 0 Å². The normalized spacial score (nSPS) is 10.8. The Morgan fingerprint density at radius 1 is 1.14 bits per heavy atom. The quantitative estimate of drug-likeness (QED) is 0.489. The van der Waals surface area contributed by atoms with E-state index in [4.69, 9.17) is 4.74 Å². The highest BCUT2D eigenvalue weighted by molar-refractivity contribution is 5.74. The Bertz CT molecular complexity index is 1230. The second-order valence-electron chi connectivity index (χ2n) is 6.87. The van der Waals surface area contributed by atoms with Gasteiger partial charge in [0.1, 0.15) is 12.7 Å². The summed E-state index contributed by atoms with van der Waals surface area (Å²) < 4.78 is 9.19. The third-order valence-electron chi connectivity index (χ3n) is 5.03. The van der Waals surface area contributed by atoms with Gasteiger partial charge in [-0.15, -0.1) is 0 Å². The highest BCUT2D eigenvalue weighted by Gasteiger charge is 2.18. The molecule has 6 nitrogen and oxygen atoms in total. The van der Waals surface area contributed by atoms with Gasteiger partial charge in [-0.2, -0.15) is 10.4 Å². The van der Waals surface area contributed by atoms with Gasteiger partial charge in [0, 0.05) is 29.2 Å². The van der Waals surface area contributed by atoms with Crippen LogP contribution in [-0.4, -0.2) is 20.2 Å². The summed E-state index contributed by atoms with van der Waals surface area (Å²) >= 11 is 0. The summed E-state index contributed by atoms with van der Waals surface area (Å²) in [6, 6.07) is 17.6. The van der Waals surface area contributed by atoms with Crippen LogP contribution in [0.15, 0.2) is 60.9 Å². The minimum Gasteiger partial charge on any atom is -0.460 e. The molecule has 4 aromatic rings. The number of rotatable bonds is 5. The molecule has 0 unspecified atom stereocenters. The van der Waals surface area contributed by atoms with Crippen LogP contribution >= 0.6 is 0 Å². The maximum atomic E-state index is 12.5. The number of fused-ring (bicyclic) bond motifs is 1. The second-order valence-corrected chi connectivity index (χ2v) is 6.87. The van der Waals surface area contributed by atoms with Crippen molar-refractivity contribution in [2.75, 3.05) is 0 Å². The number of nitrogens with zero attached hydrogens (tertiary/aromatic N) is 4. The largest absolute Gasteiger partial charge is 0.460 e. The first-order chi connectivity index (χ1) is 14.1. The monoisotopic (exact) mass is 384 g/mol. The number of carbonyl (C=O) groups excluding carboxylic acids is 1. The number of nitriles is 1. The molecule has 0 saturated heterocycles. The van der Waals surface area contributed by atoms with Crippen molar-refractivity contribution in [3.63, 3.8) is 0 Å². The summed E-state index contributed by atoms with van der Waals surface area (Å²) in [5.74, 6) is -0.344. The number of aryl methyl sites for hydroxylation is 1. The van der Waals surface area contributed by atoms with Gasteiger partial charge in [0.05, 0.1) is 28.9 Å². The van der Waals surface area contributed by atoms with Crippen molar-refractivity contribution in [3.8, 4) is 11.8 Å². The molecule has 4 rings (SSSR count). The number of para-hydroxylation sites is 1. The molecule has 0 aliphatic carbocycles. The van der Waals surface area contributed by atoms with Crippen LogP contribution in [-0.2, 0) is 22.6 Å². The molecule has 29 heavy (non-hydrogen) atoms. The fourth-order valence-electron chi connectivity index (χ4n) is 3.52. The van der Waals surface area contributed by atoms with Gasteiger partial charge < -0.3 is 9.14 Å². The van der Waals surface area contributed by atoms with E-state index in [2.05, 4.69) is 11.2 Å². The summed E-state index contributed by atoms with van der Waals surface area (Å²) in [4.78, 5) is 12.5. The van der Waals surface area contributed by atoms with Crippen LogP contribution in [0.25, 0.3) is 11.2 Å². The summed E-state index contributed by atoms with van der Waals surface area (Å²) in [6.07, 6.45) is 3.83. The molecule has 3 aromatic heterocycles. The highest BCUT2D eigenvalue weighted by Crippen LogP contribution is 2.21. The van der Waals surface area contributed by atoms with Crippen molar-refractivity contribution in [2.24, 2.45) is 0 Å². The number of hydrogen-bond acceptors (Lipinski definition) is 4. The molecule has 0 atom stereocenters. The zero-order valence-corrected chi connectivity index (χ0v) is 16.3. The van der Waals surface area contributed by atoms with Gasteiger partial charge in [-0.25, -0.2) is 4.68 Å². The van der Waals surface area contributed by atoms with Crippen molar-refractivity contribution in [1.29, 1.82) is 5.26 Å². The minimum absolute atomic E-state index is 0.0638. The number of esters is 1. The van der Waals surface area contributed by atoms with E-state index >= 15 is 0 Å². The average Bonchev–Trinajstić information content (AvgIpc) is 3.24. The molecule has 0 fully saturated rings. The minimum atomic E-state index is -0.344. The zero-order valence-electron chi connectivity index (χ0n) is 16.3. The van der Waals surface area contributed by atoms with E-state index in [0.717, 1.165) is 28.2 Å². The molecule has 0 bridgehead atoms. The van der Waals surface area contributed by atoms with E-state index in [1.165, 1.54) is 0 Å². The number of hydrogen-bond donors (Lipinski definition) is 0. The highest BCUT2D eigenvalue weighted by atomic mass is 16.5. The Kier molecular flexibility index (Phi) is 4.88. The van der Waals surface area contributed by atoms with Crippen LogP contribution < -0.4 is 0 Å². The van der Waals surface area contributed by atoms with Crippen molar-refractivity contribution in [3.05, 3.63) is 89.0 Å². The summed E-state index contributed by atoms with van der Waals surface area (Å²) in [5.41, 5.74) is 5.56. The summed E-state index contributed by atoms with van der Waals surface area (Å²) in [6.45, 7) is 3.90. The lowest BCUT2D eigenvalue weighted by atomic mass is 10.1. The number of carbonyl (C=O) groups is 1. The van der Waals surface area contributed by atoms with Gasteiger partial charge in [0.15, 0.2) is 0 Å². The zero-order chi connectivity index (χ0) is 20.4. The Morgan fingerprint density at radius 2 is 1.90 bits per heavy atom. The Balaban J connectivity index is 1.50. The van der Waals surface area contributed by atoms with Crippen LogP contribution in [0.5, 0.6) is 0 Å². The Hall–Kier alpha value is -3.85. The van der Waals surface area contributed by atoms with Crippen LogP contribution in [0.3, 0.4) is 0 Å². The van der Waals surface area contributed by atoms with Crippen molar-refractivity contribution in [1.82, 2.24) is 14.2 Å². The predicted molar refractivity (Wildman–Crippen MR) is 109 cm³/mol. The molecule has 1 aromatic carbocycles. The van der Waals surface area contributed by atoms with Crippen LogP contribution in [0.1, 0.15) is 28.1 Å². The molecule has 6 heteroatoms. The van der Waals surface area contributed by atoms with E-state index in [-0.39, 0.29) is 19.0 Å². The first-order valence-electron chi connectivity index (χ1n) is 9.33. The van der Waals surface area contributed by atoms with Gasteiger partial charge in [-0.3, -0.25) is 4.79 Å². The second kappa shape index (κ2) is 7.64. The lowest BCUT2D eigenvalue weighted by Gasteiger charge is -2.06. The van der Waals surface area contributed by atoms with E-state index in [1.54, 1.807) is 0 Å². The third-order valence-corrected chi connectivity index (χ3v) is 5.03. The molecule has 0 amide bonds. The van der Waals surface area contributed by atoms with Crippen LogP contribution in [0, 0.1) is 25.2 Å². The van der Waals surface area contributed by atoms with Gasteiger partial charge >= 0.3 is 5.97 Å². The first-order valence-corrected chi connectivity index (χ1v) is 9.33. The maximum Gasteiger partial charge on any atom is 0.310 e. The summed E-state index contributed by atoms with van der Waals surface area (Å²) in [5, 5.41) is 14.0. The molecule has 3 heterocycles. The van der Waals surface area contributed by atoms with Crippen LogP contribution in [0.4, 0.5) is 0 Å². The number of aromatic nitrogens is 3. The van der Waals surface area contributed by atoms with E-state index in [0.29, 0.717) is 11.1 Å². The standard InChI is InChI=1S/C23H20N4O2/c1-16-20(17(2)27(25-16)19-8-4-3-5-9-19)12-23(28)29-15-18-14-26-11-7-6-10-22(26)21(18)13-24/h3-11,14H,12,15H2,1-2H3. The Labute approximate surface area is 168 Å². The summed E-state index contributed by atoms with van der Waals surface area (Å²) in [7, 11) is 0. The van der Waals surface area contributed by atoms with E-state index < -0.39 is 0 Å². The number of benzene rings is 1. The number of pyridine rings is 1. The van der Waals surface area contributed by atoms with Gasteiger partial charge in [0.2, 0.25) is 0 Å².